The van der Waals surface area contributed by atoms with Crippen LogP contribution in [0.3, 0.4) is 0 Å². The number of benzene rings is 4. The van der Waals surface area contributed by atoms with Gasteiger partial charge in [-0.2, -0.15) is 0 Å². The number of H-pyrrole nitrogens is 1. The fraction of sp³-hybridized carbons (Fsp3) is 0.278. The molecule has 234 valence electrons. The molecule has 0 spiro atoms. The van der Waals surface area contributed by atoms with Gasteiger partial charge in [-0.3, -0.25) is 14.5 Å². The van der Waals surface area contributed by atoms with Crippen molar-refractivity contribution in [2.24, 2.45) is 0 Å². The fourth-order valence-electron chi connectivity index (χ4n) is 7.47. The van der Waals surface area contributed by atoms with Gasteiger partial charge < -0.3 is 34.1 Å². The number of methoxy groups -OCH3 is 2. The number of phenolic OH excluding ortho intramolecular Hbond substituents is 2. The summed E-state index contributed by atoms with van der Waals surface area (Å²) in [6, 6.07) is 15.5. The van der Waals surface area contributed by atoms with Gasteiger partial charge in [0.05, 0.1) is 54.0 Å². The zero-order chi connectivity index (χ0) is 31.7. The molecule has 0 unspecified atom stereocenters. The second kappa shape index (κ2) is 10.7. The number of aromatic hydroxyl groups is 2. The first-order valence-corrected chi connectivity index (χ1v) is 15.6. The van der Waals surface area contributed by atoms with Crippen molar-refractivity contribution in [3.63, 3.8) is 0 Å². The number of rotatable bonds is 7. The van der Waals surface area contributed by atoms with Gasteiger partial charge in [0.2, 0.25) is 0 Å². The number of aromatic amines is 1. The molecule has 10 heteroatoms. The molecule has 10 nitrogen and oxygen atoms in total. The van der Waals surface area contributed by atoms with E-state index in [1.165, 1.54) is 24.2 Å². The third kappa shape index (κ3) is 4.20. The van der Waals surface area contributed by atoms with Crippen molar-refractivity contribution < 1.29 is 29.3 Å². The summed E-state index contributed by atoms with van der Waals surface area (Å²) in [4.78, 5) is 36.2. The van der Waals surface area contributed by atoms with Crippen molar-refractivity contribution in [3.05, 3.63) is 71.3 Å². The van der Waals surface area contributed by atoms with Crippen LogP contribution >= 0.6 is 0 Å². The standard InChI is InChI=1S/C36H34N4O6/c1-45-23-9-6-20(28(18-23)46-2)19-40-35(43)31-29-24-10-7-21(41)16-26(24)37-33(29)34-30(32(31)36(40)44)25-11-8-22(42)17-27(25)39(34)15-14-38-12-4-3-5-13-38/h6-11,16-18,37,41-42H,3-5,12-15,19H2,1-2H3. The highest BCUT2D eigenvalue weighted by Crippen LogP contribution is 2.46. The zero-order valence-electron chi connectivity index (χ0n) is 25.7. The number of amides is 2. The molecule has 0 bridgehead atoms. The number of carbonyl (C=O) groups excluding carboxylic acids is 2. The van der Waals surface area contributed by atoms with E-state index < -0.39 is 5.91 Å². The third-order valence-electron chi connectivity index (χ3n) is 9.65. The number of fused-ring (bicyclic) bond motifs is 10. The maximum atomic E-state index is 14.6. The zero-order valence-corrected chi connectivity index (χ0v) is 25.7. The smallest absolute Gasteiger partial charge is 0.262 e. The lowest BCUT2D eigenvalue weighted by Gasteiger charge is -2.26. The SMILES string of the molecule is COc1ccc(CN2C(=O)c3c(c4c5ccc(O)cc5n(CCN5CCCCC5)c4c4[nH]c5cc(O)ccc5c34)C2=O)c(OC)c1. The molecule has 3 N–H and O–H groups in total. The minimum atomic E-state index is -0.397. The van der Waals surface area contributed by atoms with Gasteiger partial charge in [0.25, 0.3) is 11.8 Å². The van der Waals surface area contributed by atoms with E-state index >= 15 is 0 Å². The van der Waals surface area contributed by atoms with Crippen LogP contribution in [-0.4, -0.2) is 75.2 Å². The summed E-state index contributed by atoms with van der Waals surface area (Å²) in [5, 5.41) is 23.8. The van der Waals surface area contributed by atoms with Gasteiger partial charge in [0, 0.05) is 58.4 Å². The number of ether oxygens (including phenoxy) is 2. The van der Waals surface area contributed by atoms with Gasteiger partial charge in [0.1, 0.15) is 23.0 Å². The number of hydrogen-bond donors (Lipinski definition) is 3. The molecular weight excluding hydrogens is 584 g/mol. The first kappa shape index (κ1) is 28.3. The molecule has 1 saturated heterocycles. The molecule has 1 fully saturated rings. The molecule has 6 aromatic rings. The molecule has 46 heavy (non-hydrogen) atoms. The minimum Gasteiger partial charge on any atom is -0.508 e. The van der Waals surface area contributed by atoms with E-state index in [9.17, 15) is 19.8 Å². The molecule has 0 atom stereocenters. The van der Waals surface area contributed by atoms with E-state index in [1.54, 1.807) is 62.8 Å². The van der Waals surface area contributed by atoms with E-state index in [2.05, 4.69) is 14.5 Å². The highest BCUT2D eigenvalue weighted by Gasteiger charge is 2.42. The monoisotopic (exact) mass is 618 g/mol. The average Bonchev–Trinajstić information content (AvgIpc) is 3.67. The highest BCUT2D eigenvalue weighted by molar-refractivity contribution is 6.39. The Kier molecular flexibility index (Phi) is 6.57. The number of carbonyl (C=O) groups is 2. The van der Waals surface area contributed by atoms with E-state index in [4.69, 9.17) is 9.47 Å². The summed E-state index contributed by atoms with van der Waals surface area (Å²) in [5.74, 6) is 0.554. The van der Waals surface area contributed by atoms with Crippen LogP contribution in [0, 0.1) is 0 Å². The maximum absolute atomic E-state index is 14.6. The van der Waals surface area contributed by atoms with E-state index in [0.717, 1.165) is 41.4 Å². The minimum absolute atomic E-state index is 0.0139. The Balaban J connectivity index is 1.40. The number of piperidine rings is 1. The van der Waals surface area contributed by atoms with Gasteiger partial charge >= 0.3 is 0 Å². The summed E-state index contributed by atoms with van der Waals surface area (Å²) in [5.41, 5.74) is 4.32. The number of hydrogen-bond acceptors (Lipinski definition) is 7. The molecule has 0 radical (unpaired) electrons. The van der Waals surface area contributed by atoms with Gasteiger partial charge in [-0.1, -0.05) is 6.42 Å². The largest absolute Gasteiger partial charge is 0.508 e. The van der Waals surface area contributed by atoms with E-state index in [1.807, 2.05) is 6.07 Å². The Morgan fingerprint density at radius 3 is 2.24 bits per heavy atom. The lowest BCUT2D eigenvalue weighted by molar-refractivity contribution is 0.0642. The van der Waals surface area contributed by atoms with Gasteiger partial charge in [-0.05, 0) is 62.3 Å². The van der Waals surface area contributed by atoms with Crippen molar-refractivity contribution in [1.29, 1.82) is 0 Å². The first-order valence-electron chi connectivity index (χ1n) is 15.6. The summed E-state index contributed by atoms with van der Waals surface area (Å²) < 4.78 is 13.1. The normalized spacial score (nSPS) is 15.6. The van der Waals surface area contributed by atoms with Gasteiger partial charge in [-0.15, -0.1) is 0 Å². The van der Waals surface area contributed by atoms with Crippen LogP contribution < -0.4 is 9.47 Å². The van der Waals surface area contributed by atoms with E-state index in [-0.39, 0.29) is 24.0 Å². The lowest BCUT2D eigenvalue weighted by Crippen LogP contribution is -2.32. The van der Waals surface area contributed by atoms with Crippen molar-refractivity contribution in [1.82, 2.24) is 19.4 Å². The van der Waals surface area contributed by atoms with Crippen LogP contribution in [0.25, 0.3) is 43.6 Å². The van der Waals surface area contributed by atoms with Crippen LogP contribution in [0.4, 0.5) is 0 Å². The summed E-state index contributed by atoms with van der Waals surface area (Å²) >= 11 is 0. The molecule has 4 aromatic carbocycles. The number of nitrogens with zero attached hydrogens (tertiary/aromatic N) is 3. The van der Waals surface area contributed by atoms with Crippen molar-refractivity contribution in [2.75, 3.05) is 33.9 Å². The summed E-state index contributed by atoms with van der Waals surface area (Å²) in [6.45, 7) is 3.53. The second-order valence-corrected chi connectivity index (χ2v) is 12.2. The molecule has 0 aliphatic carbocycles. The van der Waals surface area contributed by atoms with Crippen molar-refractivity contribution >= 4 is 55.4 Å². The number of likely N-dealkylation sites (tertiary alicyclic amines) is 1. The lowest BCUT2D eigenvalue weighted by atomic mass is 9.96. The third-order valence-corrected chi connectivity index (χ3v) is 9.65. The molecule has 2 amide bonds. The Morgan fingerprint density at radius 2 is 1.50 bits per heavy atom. The van der Waals surface area contributed by atoms with Crippen LogP contribution in [0.2, 0.25) is 0 Å². The van der Waals surface area contributed by atoms with Gasteiger partial charge in [0.15, 0.2) is 0 Å². The average molecular weight is 619 g/mol. The molecule has 2 aliphatic heterocycles. The van der Waals surface area contributed by atoms with Crippen LogP contribution in [0.1, 0.15) is 45.5 Å². The number of nitrogens with one attached hydrogen (secondary N) is 1. The van der Waals surface area contributed by atoms with Crippen molar-refractivity contribution in [3.8, 4) is 23.0 Å². The topological polar surface area (TPSA) is 120 Å². The van der Waals surface area contributed by atoms with E-state index in [0.29, 0.717) is 56.5 Å². The maximum Gasteiger partial charge on any atom is 0.262 e. The highest BCUT2D eigenvalue weighted by atomic mass is 16.5. The Hall–Kier alpha value is -5.22. The Labute approximate surface area is 264 Å². The molecular formula is C36H34N4O6. The summed E-state index contributed by atoms with van der Waals surface area (Å²) in [7, 11) is 3.11. The summed E-state index contributed by atoms with van der Waals surface area (Å²) in [6.07, 6.45) is 3.58. The number of aromatic nitrogens is 2. The van der Waals surface area contributed by atoms with Crippen LogP contribution in [0.15, 0.2) is 54.6 Å². The predicted molar refractivity (Wildman–Crippen MR) is 176 cm³/mol. The molecule has 8 rings (SSSR count). The van der Waals surface area contributed by atoms with Crippen LogP contribution in [-0.2, 0) is 13.1 Å². The predicted octanol–water partition coefficient (Wildman–Crippen LogP) is 6.14. The second-order valence-electron chi connectivity index (χ2n) is 12.2. The van der Waals surface area contributed by atoms with Crippen LogP contribution in [0.5, 0.6) is 23.0 Å². The Morgan fingerprint density at radius 1 is 0.783 bits per heavy atom. The first-order chi connectivity index (χ1) is 22.4. The molecule has 0 saturated carbocycles. The Bertz CT molecular complexity index is 2230. The van der Waals surface area contributed by atoms with Gasteiger partial charge in [-0.25, -0.2) is 0 Å². The molecule has 2 aromatic heterocycles. The number of phenols is 2. The number of imide groups is 1. The fourth-order valence-corrected chi connectivity index (χ4v) is 7.47. The molecule has 2 aliphatic rings. The molecule has 4 heterocycles. The quantitative estimate of drug-likeness (QED) is 0.184. The van der Waals surface area contributed by atoms with Crippen molar-refractivity contribution in [2.45, 2.75) is 32.4 Å².